The van der Waals surface area contributed by atoms with E-state index in [9.17, 15) is 0 Å². The number of pyridine rings is 1. The van der Waals surface area contributed by atoms with Gasteiger partial charge in [-0.2, -0.15) is 11.8 Å². The van der Waals surface area contributed by atoms with Gasteiger partial charge < -0.3 is 4.90 Å². The standard InChI is InChI=1S/C10H16N2S/c1-12(2)7-8-13-9-10-5-3-4-6-11-10/h3-6H,7-9H2,1-2H3. The third kappa shape index (κ3) is 4.90. The Hall–Kier alpha value is -0.540. The molecular weight excluding hydrogens is 180 g/mol. The van der Waals surface area contributed by atoms with Crippen LogP contribution in [0.15, 0.2) is 24.4 Å². The molecule has 0 unspecified atom stereocenters. The van der Waals surface area contributed by atoms with Gasteiger partial charge in [-0.05, 0) is 26.2 Å². The minimum absolute atomic E-state index is 1.02. The Balaban J connectivity index is 2.13. The lowest BCUT2D eigenvalue weighted by molar-refractivity contribution is 0.437. The Labute approximate surface area is 84.4 Å². The van der Waals surface area contributed by atoms with Crippen molar-refractivity contribution in [1.29, 1.82) is 0 Å². The first kappa shape index (κ1) is 10.5. The van der Waals surface area contributed by atoms with Crippen LogP contribution in [-0.4, -0.2) is 36.3 Å². The van der Waals surface area contributed by atoms with Gasteiger partial charge in [-0.25, -0.2) is 0 Å². The summed E-state index contributed by atoms with van der Waals surface area (Å²) in [7, 11) is 4.20. The normalized spacial score (nSPS) is 10.7. The van der Waals surface area contributed by atoms with E-state index in [4.69, 9.17) is 0 Å². The van der Waals surface area contributed by atoms with Gasteiger partial charge in [0.05, 0.1) is 5.69 Å². The summed E-state index contributed by atoms with van der Waals surface area (Å²) in [5.41, 5.74) is 1.17. The Morgan fingerprint density at radius 1 is 1.38 bits per heavy atom. The van der Waals surface area contributed by atoms with Crippen molar-refractivity contribution in [3.05, 3.63) is 30.1 Å². The number of hydrogen-bond acceptors (Lipinski definition) is 3. The van der Waals surface area contributed by atoms with Gasteiger partial charge in [0.1, 0.15) is 0 Å². The Bertz CT molecular complexity index is 224. The number of rotatable bonds is 5. The number of aromatic nitrogens is 1. The summed E-state index contributed by atoms with van der Waals surface area (Å²) in [6.45, 7) is 1.14. The largest absolute Gasteiger partial charge is 0.309 e. The quantitative estimate of drug-likeness (QED) is 0.669. The van der Waals surface area contributed by atoms with Crippen molar-refractivity contribution in [2.45, 2.75) is 5.75 Å². The van der Waals surface area contributed by atoms with Crippen LogP contribution < -0.4 is 0 Å². The monoisotopic (exact) mass is 196 g/mol. The van der Waals surface area contributed by atoms with Crippen molar-refractivity contribution in [2.24, 2.45) is 0 Å². The summed E-state index contributed by atoms with van der Waals surface area (Å²) in [5, 5.41) is 0. The molecule has 0 bridgehead atoms. The highest BCUT2D eigenvalue weighted by Gasteiger charge is 1.94. The summed E-state index contributed by atoms with van der Waals surface area (Å²) in [5.74, 6) is 2.19. The molecule has 72 valence electrons. The Morgan fingerprint density at radius 3 is 2.85 bits per heavy atom. The van der Waals surface area contributed by atoms with E-state index in [1.54, 1.807) is 0 Å². The molecular formula is C10H16N2S. The first-order chi connectivity index (χ1) is 6.29. The van der Waals surface area contributed by atoms with E-state index in [0.29, 0.717) is 0 Å². The second-order valence-corrected chi connectivity index (χ2v) is 4.28. The molecule has 0 aliphatic rings. The van der Waals surface area contributed by atoms with Crippen LogP contribution >= 0.6 is 11.8 Å². The first-order valence-corrected chi connectivity index (χ1v) is 5.57. The molecule has 1 heterocycles. The van der Waals surface area contributed by atoms with Crippen molar-refractivity contribution in [1.82, 2.24) is 9.88 Å². The van der Waals surface area contributed by atoms with Crippen LogP contribution in [0.4, 0.5) is 0 Å². The minimum atomic E-state index is 1.02. The molecule has 0 aliphatic heterocycles. The average molecular weight is 196 g/mol. The van der Waals surface area contributed by atoms with Crippen LogP contribution in [-0.2, 0) is 5.75 Å². The lowest BCUT2D eigenvalue weighted by Crippen LogP contribution is -2.14. The first-order valence-electron chi connectivity index (χ1n) is 4.41. The van der Waals surface area contributed by atoms with E-state index in [-0.39, 0.29) is 0 Å². The number of thioether (sulfide) groups is 1. The third-order valence-electron chi connectivity index (χ3n) is 1.66. The molecule has 13 heavy (non-hydrogen) atoms. The zero-order valence-corrected chi connectivity index (χ0v) is 9.05. The van der Waals surface area contributed by atoms with E-state index in [1.807, 2.05) is 30.1 Å². The molecule has 0 N–H and O–H groups in total. The zero-order valence-electron chi connectivity index (χ0n) is 8.23. The predicted molar refractivity (Wildman–Crippen MR) is 59.0 cm³/mol. The van der Waals surface area contributed by atoms with Crippen LogP contribution in [0.2, 0.25) is 0 Å². The lowest BCUT2D eigenvalue weighted by atomic mass is 10.4. The summed E-state index contributed by atoms with van der Waals surface area (Å²) in [4.78, 5) is 6.46. The lowest BCUT2D eigenvalue weighted by Gasteiger charge is -2.08. The number of nitrogens with zero attached hydrogens (tertiary/aromatic N) is 2. The van der Waals surface area contributed by atoms with Crippen LogP contribution in [0.3, 0.4) is 0 Å². The van der Waals surface area contributed by atoms with Crippen molar-refractivity contribution >= 4 is 11.8 Å². The second-order valence-electron chi connectivity index (χ2n) is 3.18. The molecule has 0 saturated heterocycles. The number of hydrogen-bond donors (Lipinski definition) is 0. The Kier molecular flexibility index (Phi) is 4.86. The van der Waals surface area contributed by atoms with Gasteiger partial charge in [0.25, 0.3) is 0 Å². The predicted octanol–water partition coefficient (Wildman–Crippen LogP) is 1.88. The molecule has 2 nitrogen and oxygen atoms in total. The van der Waals surface area contributed by atoms with Gasteiger partial charge in [0.2, 0.25) is 0 Å². The SMILES string of the molecule is CN(C)CCSCc1ccccn1. The minimum Gasteiger partial charge on any atom is -0.309 e. The van der Waals surface area contributed by atoms with Crippen LogP contribution in [0.5, 0.6) is 0 Å². The summed E-state index contributed by atoms with van der Waals surface area (Å²) in [6.07, 6.45) is 1.85. The maximum absolute atomic E-state index is 4.26. The molecule has 0 atom stereocenters. The van der Waals surface area contributed by atoms with Crippen LogP contribution in [0.25, 0.3) is 0 Å². The van der Waals surface area contributed by atoms with Gasteiger partial charge in [-0.3, -0.25) is 4.98 Å². The van der Waals surface area contributed by atoms with Crippen molar-refractivity contribution < 1.29 is 0 Å². The molecule has 0 fully saturated rings. The van der Waals surface area contributed by atoms with E-state index < -0.39 is 0 Å². The van der Waals surface area contributed by atoms with E-state index in [0.717, 1.165) is 12.3 Å². The van der Waals surface area contributed by atoms with Gasteiger partial charge >= 0.3 is 0 Å². The smallest absolute Gasteiger partial charge is 0.0502 e. The van der Waals surface area contributed by atoms with Crippen LogP contribution in [0.1, 0.15) is 5.69 Å². The van der Waals surface area contributed by atoms with Crippen molar-refractivity contribution in [3.63, 3.8) is 0 Å². The molecule has 1 rings (SSSR count). The maximum atomic E-state index is 4.26. The summed E-state index contributed by atoms with van der Waals surface area (Å²) in [6, 6.07) is 6.06. The summed E-state index contributed by atoms with van der Waals surface area (Å²) >= 11 is 1.93. The average Bonchev–Trinajstić information content (AvgIpc) is 2.14. The molecule has 1 aromatic heterocycles. The van der Waals surface area contributed by atoms with Gasteiger partial charge in [-0.1, -0.05) is 6.07 Å². The second kappa shape index (κ2) is 6.00. The highest BCUT2D eigenvalue weighted by atomic mass is 32.2. The van der Waals surface area contributed by atoms with Crippen molar-refractivity contribution in [2.75, 3.05) is 26.4 Å². The van der Waals surface area contributed by atoms with Gasteiger partial charge in [-0.15, -0.1) is 0 Å². The molecule has 0 radical (unpaired) electrons. The van der Waals surface area contributed by atoms with Crippen molar-refractivity contribution in [3.8, 4) is 0 Å². The maximum Gasteiger partial charge on any atom is 0.0502 e. The van der Waals surface area contributed by atoms with Gasteiger partial charge in [0.15, 0.2) is 0 Å². The van der Waals surface area contributed by atoms with Crippen LogP contribution in [0, 0.1) is 0 Å². The van der Waals surface area contributed by atoms with Gasteiger partial charge in [0, 0.05) is 24.2 Å². The molecule has 1 aromatic rings. The Morgan fingerprint density at radius 2 is 2.23 bits per heavy atom. The molecule has 0 aliphatic carbocycles. The summed E-state index contributed by atoms with van der Waals surface area (Å²) < 4.78 is 0. The highest BCUT2D eigenvalue weighted by molar-refractivity contribution is 7.98. The zero-order chi connectivity index (χ0) is 9.52. The third-order valence-corrected chi connectivity index (χ3v) is 2.63. The fraction of sp³-hybridized carbons (Fsp3) is 0.500. The van der Waals surface area contributed by atoms with E-state index >= 15 is 0 Å². The topological polar surface area (TPSA) is 16.1 Å². The highest BCUT2D eigenvalue weighted by Crippen LogP contribution is 2.08. The molecule has 3 heteroatoms. The fourth-order valence-electron chi connectivity index (χ4n) is 0.907. The molecule has 0 saturated carbocycles. The molecule has 0 amide bonds. The molecule has 0 aromatic carbocycles. The molecule has 0 spiro atoms. The van der Waals surface area contributed by atoms with E-state index in [2.05, 4.69) is 30.0 Å². The fourth-order valence-corrected chi connectivity index (χ4v) is 1.93. The van der Waals surface area contributed by atoms with E-state index in [1.165, 1.54) is 11.4 Å².